The summed E-state index contributed by atoms with van der Waals surface area (Å²) in [4.78, 5) is 17.3. The monoisotopic (exact) mass is 268 g/mol. The number of nitrogens with one attached hydrogen (secondary N) is 2. The van der Waals surface area contributed by atoms with Crippen molar-refractivity contribution in [1.82, 2.24) is 19.7 Å². The molecule has 4 rings (SSSR count). The first kappa shape index (κ1) is 11.5. The molecule has 0 aliphatic heterocycles. The molecule has 1 fully saturated rings. The van der Waals surface area contributed by atoms with Gasteiger partial charge in [-0.05, 0) is 37.5 Å². The maximum absolute atomic E-state index is 11.6. The first-order valence-electron chi connectivity index (χ1n) is 6.89. The van der Waals surface area contributed by atoms with Gasteiger partial charge in [0.1, 0.15) is 0 Å². The van der Waals surface area contributed by atoms with Gasteiger partial charge in [0.15, 0.2) is 0 Å². The predicted octanol–water partition coefficient (Wildman–Crippen LogP) is 2.44. The summed E-state index contributed by atoms with van der Waals surface area (Å²) in [6.45, 7) is 2.06. The lowest BCUT2D eigenvalue weighted by molar-refractivity contribution is 0.750. The molecule has 1 aliphatic rings. The fourth-order valence-corrected chi connectivity index (χ4v) is 2.84. The van der Waals surface area contributed by atoms with Crippen LogP contribution in [0.3, 0.4) is 0 Å². The van der Waals surface area contributed by atoms with Crippen molar-refractivity contribution in [3.05, 3.63) is 39.9 Å². The summed E-state index contributed by atoms with van der Waals surface area (Å²) >= 11 is 0. The second-order valence-corrected chi connectivity index (χ2v) is 5.61. The molecule has 0 bridgehead atoms. The third-order valence-electron chi connectivity index (χ3n) is 4.05. The third-order valence-corrected chi connectivity index (χ3v) is 4.05. The largest absolute Gasteiger partial charge is 0.323 e. The minimum absolute atomic E-state index is 0.170. The van der Waals surface area contributed by atoms with Crippen molar-refractivity contribution in [1.29, 1.82) is 0 Å². The highest BCUT2D eigenvalue weighted by Gasteiger charge is 2.27. The molecule has 0 unspecified atom stereocenters. The zero-order valence-corrected chi connectivity index (χ0v) is 11.5. The van der Waals surface area contributed by atoms with Crippen molar-refractivity contribution >= 4 is 11.0 Å². The molecule has 1 aromatic carbocycles. The Labute approximate surface area is 115 Å². The van der Waals surface area contributed by atoms with Crippen molar-refractivity contribution in [3.8, 4) is 11.3 Å². The molecule has 102 valence electrons. The lowest BCUT2D eigenvalue weighted by Gasteiger charge is -2.07. The van der Waals surface area contributed by atoms with Gasteiger partial charge in [0.05, 0.1) is 22.4 Å². The SMILES string of the molecule is Cc1ccc2[nH]c(=O)[nH]c2c1-c1cc(C2CC2)nn1C. The van der Waals surface area contributed by atoms with E-state index in [1.54, 1.807) is 0 Å². The van der Waals surface area contributed by atoms with E-state index in [2.05, 4.69) is 28.1 Å². The van der Waals surface area contributed by atoms with E-state index in [0.717, 1.165) is 33.5 Å². The number of aryl methyl sites for hydroxylation is 2. The second-order valence-electron chi connectivity index (χ2n) is 5.61. The molecule has 5 heteroatoms. The van der Waals surface area contributed by atoms with Crippen LogP contribution in [0, 0.1) is 6.92 Å². The van der Waals surface area contributed by atoms with Gasteiger partial charge < -0.3 is 9.97 Å². The zero-order chi connectivity index (χ0) is 13.9. The highest BCUT2D eigenvalue weighted by molar-refractivity contribution is 5.92. The smallest absolute Gasteiger partial charge is 0.306 e. The Hall–Kier alpha value is -2.30. The van der Waals surface area contributed by atoms with Gasteiger partial charge in [-0.1, -0.05) is 6.07 Å². The minimum atomic E-state index is -0.170. The van der Waals surface area contributed by atoms with Gasteiger partial charge in [0.25, 0.3) is 0 Å². The first-order valence-corrected chi connectivity index (χ1v) is 6.89. The fourth-order valence-electron chi connectivity index (χ4n) is 2.84. The van der Waals surface area contributed by atoms with Gasteiger partial charge in [-0.2, -0.15) is 5.10 Å². The van der Waals surface area contributed by atoms with E-state index in [1.807, 2.05) is 23.9 Å². The van der Waals surface area contributed by atoms with Crippen LogP contribution in [0.5, 0.6) is 0 Å². The lowest BCUT2D eigenvalue weighted by Crippen LogP contribution is -2.00. The van der Waals surface area contributed by atoms with Crippen LogP contribution in [0.2, 0.25) is 0 Å². The maximum atomic E-state index is 11.6. The van der Waals surface area contributed by atoms with E-state index < -0.39 is 0 Å². The van der Waals surface area contributed by atoms with Crippen molar-refractivity contribution in [2.24, 2.45) is 7.05 Å². The van der Waals surface area contributed by atoms with Crippen molar-refractivity contribution in [3.63, 3.8) is 0 Å². The van der Waals surface area contributed by atoms with E-state index in [0.29, 0.717) is 5.92 Å². The summed E-state index contributed by atoms with van der Waals surface area (Å²) in [5, 5.41) is 4.62. The van der Waals surface area contributed by atoms with E-state index in [9.17, 15) is 4.79 Å². The average molecular weight is 268 g/mol. The molecule has 0 spiro atoms. The Bertz CT molecular complexity index is 864. The standard InChI is InChI=1S/C15H16N4O/c1-8-3-6-10-14(17-15(20)16-10)13(8)12-7-11(9-4-5-9)18-19(12)2/h3,6-7,9H,4-5H2,1-2H3,(H2,16,17,20). The zero-order valence-electron chi connectivity index (χ0n) is 11.5. The first-order chi connectivity index (χ1) is 9.63. The number of benzene rings is 1. The average Bonchev–Trinajstić information content (AvgIpc) is 3.09. The summed E-state index contributed by atoms with van der Waals surface area (Å²) in [5.74, 6) is 0.625. The molecule has 1 saturated carbocycles. The highest BCUT2D eigenvalue weighted by Crippen LogP contribution is 2.41. The number of hydrogen-bond acceptors (Lipinski definition) is 2. The Kier molecular flexibility index (Phi) is 2.22. The topological polar surface area (TPSA) is 66.5 Å². The third kappa shape index (κ3) is 1.62. The van der Waals surface area contributed by atoms with E-state index in [1.165, 1.54) is 12.8 Å². The molecule has 0 saturated heterocycles. The van der Waals surface area contributed by atoms with Crippen molar-refractivity contribution < 1.29 is 0 Å². The van der Waals surface area contributed by atoms with Crippen LogP contribution in [0.15, 0.2) is 23.0 Å². The number of aromatic nitrogens is 4. The van der Waals surface area contributed by atoms with Crippen LogP contribution in [-0.4, -0.2) is 19.7 Å². The molecule has 2 heterocycles. The van der Waals surface area contributed by atoms with Gasteiger partial charge in [-0.15, -0.1) is 0 Å². The molecule has 3 aromatic rings. The van der Waals surface area contributed by atoms with Gasteiger partial charge in [-0.3, -0.25) is 4.68 Å². The van der Waals surface area contributed by atoms with Gasteiger partial charge in [0, 0.05) is 18.5 Å². The van der Waals surface area contributed by atoms with Gasteiger partial charge in [0.2, 0.25) is 0 Å². The fraction of sp³-hybridized carbons (Fsp3) is 0.333. The molecule has 2 aromatic heterocycles. The van der Waals surface area contributed by atoms with Crippen molar-refractivity contribution in [2.45, 2.75) is 25.7 Å². The number of H-pyrrole nitrogens is 2. The summed E-state index contributed by atoms with van der Waals surface area (Å²) in [6.07, 6.45) is 2.47. The number of aromatic amines is 2. The van der Waals surface area contributed by atoms with Crippen molar-refractivity contribution in [2.75, 3.05) is 0 Å². The number of imidazole rings is 1. The van der Waals surface area contributed by atoms with Gasteiger partial charge in [-0.25, -0.2) is 4.79 Å². The van der Waals surface area contributed by atoms with Crippen LogP contribution in [0.4, 0.5) is 0 Å². The summed E-state index contributed by atoms with van der Waals surface area (Å²) in [5.41, 5.74) is 5.95. The van der Waals surface area contributed by atoms with E-state index in [4.69, 9.17) is 0 Å². The molecule has 1 aliphatic carbocycles. The molecule has 5 nitrogen and oxygen atoms in total. The highest BCUT2D eigenvalue weighted by atomic mass is 16.1. The van der Waals surface area contributed by atoms with E-state index >= 15 is 0 Å². The van der Waals surface area contributed by atoms with Crippen LogP contribution >= 0.6 is 0 Å². The normalized spacial score (nSPS) is 15.1. The Balaban J connectivity index is 2.01. The summed E-state index contributed by atoms with van der Waals surface area (Å²) < 4.78 is 1.92. The molecule has 2 N–H and O–H groups in total. The second kappa shape index (κ2) is 3.85. The number of nitrogens with zero attached hydrogens (tertiary/aromatic N) is 2. The van der Waals surface area contributed by atoms with Gasteiger partial charge >= 0.3 is 5.69 Å². The molecule has 0 atom stereocenters. The lowest BCUT2D eigenvalue weighted by atomic mass is 10.0. The number of rotatable bonds is 2. The van der Waals surface area contributed by atoms with Crippen LogP contribution in [-0.2, 0) is 7.05 Å². The number of hydrogen-bond donors (Lipinski definition) is 2. The Morgan fingerprint density at radius 3 is 2.85 bits per heavy atom. The maximum Gasteiger partial charge on any atom is 0.323 e. The van der Waals surface area contributed by atoms with E-state index in [-0.39, 0.29) is 5.69 Å². The Morgan fingerprint density at radius 1 is 1.30 bits per heavy atom. The predicted molar refractivity (Wildman–Crippen MR) is 77.8 cm³/mol. The molecular formula is C15H16N4O. The summed E-state index contributed by atoms with van der Waals surface area (Å²) in [7, 11) is 1.96. The number of fused-ring (bicyclic) bond motifs is 1. The molecule has 0 amide bonds. The molecular weight excluding hydrogens is 252 g/mol. The molecule has 20 heavy (non-hydrogen) atoms. The van der Waals surface area contributed by atoms with Crippen LogP contribution in [0.1, 0.15) is 30.0 Å². The quantitative estimate of drug-likeness (QED) is 0.749. The van der Waals surface area contributed by atoms with Crippen LogP contribution in [0.25, 0.3) is 22.3 Å². The van der Waals surface area contributed by atoms with Crippen LogP contribution < -0.4 is 5.69 Å². The Morgan fingerprint density at radius 2 is 2.10 bits per heavy atom. The summed E-state index contributed by atoms with van der Waals surface area (Å²) in [6, 6.07) is 6.13. The molecule has 0 radical (unpaired) electrons. The minimum Gasteiger partial charge on any atom is -0.306 e.